The number of ether oxygens (including phenoxy) is 2. The quantitative estimate of drug-likeness (QED) is 0.490. The van der Waals surface area contributed by atoms with E-state index in [1.54, 1.807) is 38.5 Å². The molecular formula is C25H19FN4O4S. The van der Waals surface area contributed by atoms with Gasteiger partial charge >= 0.3 is 0 Å². The molecule has 5 rings (SSSR count). The molecule has 0 saturated carbocycles. The summed E-state index contributed by atoms with van der Waals surface area (Å²) in [6.45, 7) is 0. The van der Waals surface area contributed by atoms with Crippen molar-refractivity contribution in [3.63, 3.8) is 0 Å². The molecule has 8 nitrogen and oxygen atoms in total. The van der Waals surface area contributed by atoms with E-state index in [0.29, 0.717) is 45.2 Å². The summed E-state index contributed by atoms with van der Waals surface area (Å²) < 4.78 is 29.6. The Labute approximate surface area is 204 Å². The van der Waals surface area contributed by atoms with E-state index in [1.165, 1.54) is 35.0 Å². The monoisotopic (exact) mass is 490 g/mol. The maximum Gasteiger partial charge on any atom is 0.283 e. The van der Waals surface area contributed by atoms with E-state index in [-0.39, 0.29) is 17.2 Å². The number of methoxy groups -OCH3 is 2. The molecule has 3 heterocycles. The van der Waals surface area contributed by atoms with Crippen molar-refractivity contribution in [2.45, 2.75) is 6.42 Å². The van der Waals surface area contributed by atoms with Crippen molar-refractivity contribution in [1.82, 2.24) is 5.01 Å². The molecule has 1 N–H and O–H groups in total. The third-order valence-corrected chi connectivity index (χ3v) is 6.25. The Balaban J connectivity index is 1.36. The number of hydrogen-bond donors (Lipinski definition) is 1. The first-order chi connectivity index (χ1) is 16.9. The number of aliphatic imine (C=N–C) groups is 1. The standard InChI is InChI=1S/C25H19FN4O4S/c1-32-20-9-3-14(11-21(20)33-2)12-22-29-30-23(27)18(24(31)28-25(30)35-22)13-17-8-10-19(34-17)15-4-6-16(26)7-5-15/h3-11,13,27H,12H2,1-2H3. The van der Waals surface area contributed by atoms with Gasteiger partial charge in [0, 0.05) is 12.0 Å². The number of amides is 1. The number of amidine groups is 2. The van der Waals surface area contributed by atoms with Crippen LogP contribution < -0.4 is 9.47 Å². The number of thioether (sulfide) groups is 1. The van der Waals surface area contributed by atoms with Crippen LogP contribution >= 0.6 is 11.8 Å². The molecule has 3 aromatic rings. The van der Waals surface area contributed by atoms with E-state index in [1.807, 2.05) is 18.2 Å². The van der Waals surface area contributed by atoms with Crippen LogP contribution in [-0.2, 0) is 11.2 Å². The second-order valence-electron chi connectivity index (χ2n) is 7.59. The summed E-state index contributed by atoms with van der Waals surface area (Å²) in [7, 11) is 3.14. The molecule has 0 radical (unpaired) electrons. The zero-order chi connectivity index (χ0) is 24.5. The van der Waals surface area contributed by atoms with E-state index in [0.717, 1.165) is 5.56 Å². The van der Waals surface area contributed by atoms with Crippen LogP contribution in [0.3, 0.4) is 0 Å². The molecule has 0 fully saturated rings. The molecule has 2 aromatic carbocycles. The van der Waals surface area contributed by atoms with Crippen LogP contribution in [0.15, 0.2) is 74.7 Å². The number of hydrogen-bond acceptors (Lipinski definition) is 7. The fourth-order valence-electron chi connectivity index (χ4n) is 3.61. The molecular weight excluding hydrogens is 471 g/mol. The van der Waals surface area contributed by atoms with Crippen molar-refractivity contribution < 1.29 is 23.1 Å². The van der Waals surface area contributed by atoms with E-state index < -0.39 is 5.91 Å². The number of nitrogens with one attached hydrogen (secondary N) is 1. The number of halogens is 1. The Kier molecular flexibility index (Phi) is 5.96. The molecule has 0 aliphatic carbocycles. The van der Waals surface area contributed by atoms with E-state index in [9.17, 15) is 9.18 Å². The Bertz CT molecular complexity index is 1430. The van der Waals surface area contributed by atoms with Gasteiger partial charge in [0.2, 0.25) is 5.17 Å². The van der Waals surface area contributed by atoms with Crippen LogP contribution in [0.25, 0.3) is 17.4 Å². The van der Waals surface area contributed by atoms with Gasteiger partial charge in [0.05, 0.1) is 19.8 Å². The van der Waals surface area contributed by atoms with Crippen molar-refractivity contribution in [2.75, 3.05) is 14.2 Å². The Morgan fingerprint density at radius 1 is 1.09 bits per heavy atom. The van der Waals surface area contributed by atoms with E-state index in [2.05, 4.69) is 10.1 Å². The average Bonchev–Trinajstić information content (AvgIpc) is 3.49. The Morgan fingerprint density at radius 3 is 2.60 bits per heavy atom. The van der Waals surface area contributed by atoms with Crippen LogP contribution in [0.5, 0.6) is 11.5 Å². The second kappa shape index (κ2) is 9.22. The summed E-state index contributed by atoms with van der Waals surface area (Å²) in [5.74, 6) is 1.15. The Hall–Kier alpha value is -4.18. The van der Waals surface area contributed by atoms with E-state index in [4.69, 9.17) is 19.3 Å². The van der Waals surface area contributed by atoms with Gasteiger partial charge in [-0.1, -0.05) is 6.07 Å². The largest absolute Gasteiger partial charge is 0.493 e. The first kappa shape index (κ1) is 22.6. The number of fused-ring (bicyclic) bond motifs is 1. The number of carbonyl (C=O) groups excluding carboxylic acids is 1. The maximum absolute atomic E-state index is 13.2. The predicted molar refractivity (Wildman–Crippen MR) is 132 cm³/mol. The molecule has 0 bridgehead atoms. The zero-order valence-electron chi connectivity index (χ0n) is 18.7. The molecule has 176 valence electrons. The lowest BCUT2D eigenvalue weighted by molar-refractivity contribution is -0.114. The minimum atomic E-state index is -0.545. The van der Waals surface area contributed by atoms with Gasteiger partial charge in [-0.25, -0.2) is 4.39 Å². The number of nitrogens with zero attached hydrogens (tertiary/aromatic N) is 3. The molecule has 1 amide bonds. The lowest BCUT2D eigenvalue weighted by Crippen LogP contribution is -2.35. The van der Waals surface area contributed by atoms with Gasteiger partial charge in [0.15, 0.2) is 17.3 Å². The summed E-state index contributed by atoms with van der Waals surface area (Å²) in [4.78, 5) is 16.8. The lowest BCUT2D eigenvalue weighted by Gasteiger charge is -2.19. The average molecular weight is 491 g/mol. The highest BCUT2D eigenvalue weighted by molar-refractivity contribution is 8.26. The molecule has 0 saturated heterocycles. The highest BCUT2D eigenvalue weighted by atomic mass is 32.2. The van der Waals surface area contributed by atoms with Crippen molar-refractivity contribution in [2.24, 2.45) is 10.1 Å². The lowest BCUT2D eigenvalue weighted by atomic mass is 10.1. The fraction of sp³-hybridized carbons (Fsp3) is 0.120. The molecule has 0 unspecified atom stereocenters. The number of hydrazone groups is 1. The highest BCUT2D eigenvalue weighted by Gasteiger charge is 2.35. The minimum absolute atomic E-state index is 0.0606. The van der Waals surface area contributed by atoms with Gasteiger partial charge < -0.3 is 13.9 Å². The third kappa shape index (κ3) is 4.47. The first-order valence-electron chi connectivity index (χ1n) is 10.5. The second-order valence-corrected chi connectivity index (χ2v) is 8.63. The highest BCUT2D eigenvalue weighted by Crippen LogP contribution is 2.32. The van der Waals surface area contributed by atoms with Crippen molar-refractivity contribution >= 4 is 39.8 Å². The minimum Gasteiger partial charge on any atom is -0.493 e. The predicted octanol–water partition coefficient (Wildman–Crippen LogP) is 4.96. The number of carbonyl (C=O) groups is 1. The SMILES string of the molecule is COc1ccc(CC2=NN3C(=N)C(=Cc4ccc(-c5ccc(F)cc5)o4)C(=O)N=C3S2)cc1OC. The van der Waals surface area contributed by atoms with E-state index >= 15 is 0 Å². The smallest absolute Gasteiger partial charge is 0.283 e. The molecule has 2 aliphatic heterocycles. The van der Waals surface area contributed by atoms with Gasteiger partial charge in [-0.15, -0.1) is 0 Å². The summed E-state index contributed by atoms with van der Waals surface area (Å²) in [5, 5.41) is 15.4. The molecule has 1 aromatic heterocycles. The molecule has 2 aliphatic rings. The van der Waals surface area contributed by atoms with Crippen LogP contribution in [0.1, 0.15) is 11.3 Å². The summed E-state index contributed by atoms with van der Waals surface area (Å²) >= 11 is 1.24. The van der Waals surface area contributed by atoms with Gasteiger partial charge in [-0.2, -0.15) is 15.1 Å². The number of furan rings is 1. The molecule has 35 heavy (non-hydrogen) atoms. The van der Waals surface area contributed by atoms with Crippen LogP contribution in [-0.4, -0.2) is 41.2 Å². The fourth-order valence-corrected chi connectivity index (χ4v) is 4.53. The normalized spacial score (nSPS) is 16.3. The summed E-state index contributed by atoms with van der Waals surface area (Å²) in [5.41, 5.74) is 1.69. The van der Waals surface area contributed by atoms with Gasteiger partial charge in [-0.05, 0) is 71.9 Å². The van der Waals surface area contributed by atoms with Gasteiger partial charge in [0.1, 0.15) is 22.4 Å². The van der Waals surface area contributed by atoms with Crippen LogP contribution in [0.4, 0.5) is 4.39 Å². The number of benzene rings is 2. The van der Waals surface area contributed by atoms with Crippen molar-refractivity contribution in [3.05, 3.63) is 77.3 Å². The maximum atomic E-state index is 13.2. The summed E-state index contributed by atoms with van der Waals surface area (Å²) in [6.07, 6.45) is 1.94. The number of rotatable bonds is 6. The van der Waals surface area contributed by atoms with Crippen molar-refractivity contribution in [3.8, 4) is 22.8 Å². The first-order valence-corrected chi connectivity index (χ1v) is 11.3. The molecule has 0 atom stereocenters. The van der Waals surface area contributed by atoms with Crippen LogP contribution in [0, 0.1) is 11.2 Å². The topological polar surface area (TPSA) is 100 Å². The zero-order valence-corrected chi connectivity index (χ0v) is 19.6. The molecule has 10 heteroatoms. The van der Waals surface area contributed by atoms with Crippen molar-refractivity contribution in [1.29, 1.82) is 5.41 Å². The molecule has 0 spiro atoms. The van der Waals surface area contributed by atoms with Gasteiger partial charge in [0.25, 0.3) is 5.91 Å². The third-order valence-electron chi connectivity index (χ3n) is 5.34. The van der Waals surface area contributed by atoms with Gasteiger partial charge in [-0.3, -0.25) is 10.2 Å². The Morgan fingerprint density at radius 2 is 1.86 bits per heavy atom. The summed E-state index contributed by atoms with van der Waals surface area (Å²) in [6, 6.07) is 14.9. The van der Waals surface area contributed by atoms with Crippen LogP contribution in [0.2, 0.25) is 0 Å².